The van der Waals surface area contributed by atoms with Crippen LogP contribution in [0.5, 0.6) is 0 Å². The second-order valence-corrected chi connectivity index (χ2v) is 4.91. The van der Waals surface area contributed by atoms with E-state index in [1.165, 1.54) is 5.56 Å². The number of aromatic nitrogens is 3. The molecule has 0 aliphatic carbocycles. The largest absolute Gasteiger partial charge is 0.367 e. The Morgan fingerprint density at radius 2 is 1.81 bits per heavy atom. The van der Waals surface area contributed by atoms with Crippen molar-refractivity contribution in [2.75, 3.05) is 5.32 Å². The van der Waals surface area contributed by atoms with Gasteiger partial charge in [-0.15, -0.1) is 0 Å². The van der Waals surface area contributed by atoms with Gasteiger partial charge in [-0.05, 0) is 23.8 Å². The summed E-state index contributed by atoms with van der Waals surface area (Å²) in [6.45, 7) is 0.728. The Balaban J connectivity index is 1.68. The topological polar surface area (TPSA) is 42.2 Å². The van der Waals surface area contributed by atoms with E-state index in [-0.39, 0.29) is 0 Å². The number of nitrogens with zero attached hydrogens (tertiary/aromatic N) is 3. The summed E-state index contributed by atoms with van der Waals surface area (Å²) < 4.78 is 2.04. The maximum atomic E-state index is 4.49. The number of benzene rings is 1. The van der Waals surface area contributed by atoms with Crippen molar-refractivity contribution in [3.63, 3.8) is 0 Å². The van der Waals surface area contributed by atoms with Gasteiger partial charge in [0, 0.05) is 30.5 Å². The number of imidazole rings is 1. The van der Waals surface area contributed by atoms with Gasteiger partial charge in [-0.3, -0.25) is 9.38 Å². The Morgan fingerprint density at radius 3 is 2.81 bits per heavy atom. The molecule has 21 heavy (non-hydrogen) atoms. The molecule has 0 aliphatic heterocycles. The molecule has 0 saturated carbocycles. The molecule has 102 valence electrons. The quantitative estimate of drug-likeness (QED) is 0.622. The summed E-state index contributed by atoms with van der Waals surface area (Å²) in [5, 5.41) is 4.63. The fourth-order valence-corrected chi connectivity index (χ4v) is 2.59. The summed E-state index contributed by atoms with van der Waals surface area (Å²) in [5.41, 5.74) is 3.17. The average molecular weight is 274 g/mol. The fraction of sp³-hybridized carbons (Fsp3) is 0.0588. The van der Waals surface area contributed by atoms with Crippen LogP contribution in [0.15, 0.2) is 67.1 Å². The molecule has 3 heterocycles. The number of rotatable bonds is 3. The first-order valence-corrected chi connectivity index (χ1v) is 6.90. The summed E-state index contributed by atoms with van der Waals surface area (Å²) in [5.74, 6) is 1.03. The maximum absolute atomic E-state index is 4.49. The van der Waals surface area contributed by atoms with Gasteiger partial charge in [-0.1, -0.05) is 30.3 Å². The molecule has 3 aromatic heterocycles. The van der Waals surface area contributed by atoms with E-state index in [1.54, 1.807) is 6.20 Å². The lowest BCUT2D eigenvalue weighted by Gasteiger charge is -2.10. The molecule has 0 amide bonds. The number of pyridine rings is 2. The van der Waals surface area contributed by atoms with Crippen molar-refractivity contribution < 1.29 is 0 Å². The van der Waals surface area contributed by atoms with Gasteiger partial charge in [0.05, 0.1) is 5.52 Å². The van der Waals surface area contributed by atoms with E-state index in [2.05, 4.69) is 39.6 Å². The van der Waals surface area contributed by atoms with E-state index < -0.39 is 0 Å². The van der Waals surface area contributed by atoms with Gasteiger partial charge in [0.25, 0.3) is 0 Å². The molecule has 4 rings (SSSR count). The highest BCUT2D eigenvalue weighted by Crippen LogP contribution is 2.18. The van der Waals surface area contributed by atoms with Crippen molar-refractivity contribution in [1.82, 2.24) is 14.4 Å². The van der Waals surface area contributed by atoms with Gasteiger partial charge in [0.1, 0.15) is 11.5 Å². The third kappa shape index (κ3) is 2.10. The van der Waals surface area contributed by atoms with Gasteiger partial charge in [0.2, 0.25) is 0 Å². The van der Waals surface area contributed by atoms with Gasteiger partial charge < -0.3 is 5.32 Å². The number of fused-ring (bicyclic) bond motifs is 2. The summed E-state index contributed by atoms with van der Waals surface area (Å²) >= 11 is 0. The van der Waals surface area contributed by atoms with Crippen LogP contribution in [-0.2, 0) is 6.54 Å². The summed E-state index contributed by atoms with van der Waals surface area (Å²) in [6.07, 6.45) is 5.60. The van der Waals surface area contributed by atoms with Gasteiger partial charge in [-0.25, -0.2) is 4.98 Å². The molecule has 1 N–H and O–H groups in total. The second-order valence-electron chi connectivity index (χ2n) is 4.91. The Labute approximate surface area is 122 Å². The molecule has 0 spiro atoms. The van der Waals surface area contributed by atoms with Crippen molar-refractivity contribution in [2.45, 2.75) is 6.54 Å². The SMILES string of the molecule is c1cnc2c(CNc3cccc4nccn34)cccc2c1. The second kappa shape index (κ2) is 4.90. The highest BCUT2D eigenvalue weighted by atomic mass is 15.1. The third-order valence-corrected chi connectivity index (χ3v) is 3.60. The van der Waals surface area contributed by atoms with Crippen molar-refractivity contribution >= 4 is 22.4 Å². The van der Waals surface area contributed by atoms with Gasteiger partial charge >= 0.3 is 0 Å². The Bertz CT molecular complexity index is 905. The normalized spacial score (nSPS) is 11.0. The average Bonchev–Trinajstić information content (AvgIpc) is 3.02. The first kappa shape index (κ1) is 11.9. The monoisotopic (exact) mass is 274 g/mol. The van der Waals surface area contributed by atoms with Crippen LogP contribution >= 0.6 is 0 Å². The van der Waals surface area contributed by atoms with E-state index in [9.17, 15) is 0 Å². The molecular weight excluding hydrogens is 260 g/mol. The standard InChI is InChI=1S/C17H14N4/c1-4-13-6-3-9-19-17(13)14(5-1)12-20-16-8-2-7-15-18-10-11-21(15)16/h1-11,20H,12H2. The molecule has 0 bridgehead atoms. The Morgan fingerprint density at radius 1 is 0.905 bits per heavy atom. The van der Waals surface area contributed by atoms with E-state index in [0.29, 0.717) is 0 Å². The predicted molar refractivity (Wildman–Crippen MR) is 84.3 cm³/mol. The zero-order valence-electron chi connectivity index (χ0n) is 11.4. The van der Waals surface area contributed by atoms with Crippen molar-refractivity contribution in [3.05, 3.63) is 72.7 Å². The Kier molecular flexibility index (Phi) is 2.78. The lowest BCUT2D eigenvalue weighted by atomic mass is 10.1. The van der Waals surface area contributed by atoms with Crippen molar-refractivity contribution in [3.8, 4) is 0 Å². The van der Waals surface area contributed by atoms with Crippen molar-refractivity contribution in [1.29, 1.82) is 0 Å². The fourth-order valence-electron chi connectivity index (χ4n) is 2.59. The molecule has 0 saturated heterocycles. The highest BCUT2D eigenvalue weighted by molar-refractivity contribution is 5.81. The summed E-state index contributed by atoms with van der Waals surface area (Å²) in [7, 11) is 0. The smallest absolute Gasteiger partial charge is 0.138 e. The molecule has 4 heteroatoms. The van der Waals surface area contributed by atoms with Crippen LogP contribution in [0.25, 0.3) is 16.6 Å². The van der Waals surface area contributed by atoms with Crippen LogP contribution in [0.4, 0.5) is 5.82 Å². The summed E-state index contributed by atoms with van der Waals surface area (Å²) in [6, 6.07) is 16.4. The molecule has 1 aromatic carbocycles. The zero-order chi connectivity index (χ0) is 14.1. The lowest BCUT2D eigenvalue weighted by molar-refractivity contribution is 1.08. The summed E-state index contributed by atoms with van der Waals surface area (Å²) in [4.78, 5) is 8.78. The Hall–Kier alpha value is -2.88. The van der Waals surface area contributed by atoms with Crippen LogP contribution in [0, 0.1) is 0 Å². The molecule has 0 radical (unpaired) electrons. The first-order valence-electron chi connectivity index (χ1n) is 6.90. The predicted octanol–water partition coefficient (Wildman–Crippen LogP) is 3.49. The number of hydrogen-bond donors (Lipinski definition) is 1. The minimum atomic E-state index is 0.728. The molecule has 4 nitrogen and oxygen atoms in total. The molecule has 4 aromatic rings. The first-order chi connectivity index (χ1) is 10.4. The minimum absolute atomic E-state index is 0.728. The van der Waals surface area contributed by atoms with Gasteiger partial charge in [0.15, 0.2) is 0 Å². The zero-order valence-corrected chi connectivity index (χ0v) is 11.4. The maximum Gasteiger partial charge on any atom is 0.138 e. The third-order valence-electron chi connectivity index (χ3n) is 3.60. The molecule has 0 unspecified atom stereocenters. The molecule has 0 atom stereocenters. The van der Waals surface area contributed by atoms with Crippen LogP contribution in [-0.4, -0.2) is 14.4 Å². The highest BCUT2D eigenvalue weighted by Gasteiger charge is 2.03. The number of nitrogens with one attached hydrogen (secondary N) is 1. The number of hydrogen-bond acceptors (Lipinski definition) is 3. The van der Waals surface area contributed by atoms with Crippen LogP contribution in [0.2, 0.25) is 0 Å². The van der Waals surface area contributed by atoms with Crippen LogP contribution < -0.4 is 5.32 Å². The van der Waals surface area contributed by atoms with Crippen LogP contribution in [0.3, 0.4) is 0 Å². The van der Waals surface area contributed by atoms with E-state index in [0.717, 1.165) is 28.9 Å². The minimum Gasteiger partial charge on any atom is -0.367 e. The molecular formula is C17H14N4. The number of anilines is 1. The van der Waals surface area contributed by atoms with Gasteiger partial charge in [-0.2, -0.15) is 0 Å². The van der Waals surface area contributed by atoms with Crippen LogP contribution in [0.1, 0.15) is 5.56 Å². The number of para-hydroxylation sites is 1. The molecule has 0 fully saturated rings. The lowest BCUT2D eigenvalue weighted by Crippen LogP contribution is -2.04. The van der Waals surface area contributed by atoms with E-state index in [1.807, 2.05) is 41.1 Å². The van der Waals surface area contributed by atoms with E-state index in [4.69, 9.17) is 0 Å². The molecule has 0 aliphatic rings. The van der Waals surface area contributed by atoms with E-state index >= 15 is 0 Å². The van der Waals surface area contributed by atoms with Crippen molar-refractivity contribution in [2.24, 2.45) is 0 Å².